The monoisotopic (exact) mass is 341 g/mol. The van der Waals surface area contributed by atoms with Crippen molar-refractivity contribution in [3.8, 4) is 6.07 Å². The molecule has 1 N–H and O–H groups in total. The molecule has 0 bridgehead atoms. The molecule has 1 aliphatic carbocycles. The van der Waals surface area contributed by atoms with Crippen LogP contribution in [0.1, 0.15) is 17.0 Å². The Morgan fingerprint density at radius 2 is 1.71 bits per heavy atom. The molecule has 0 radical (unpaired) electrons. The van der Waals surface area contributed by atoms with Crippen molar-refractivity contribution in [2.24, 2.45) is 5.41 Å². The van der Waals surface area contributed by atoms with Crippen LogP contribution in [0, 0.1) is 23.7 Å². The van der Waals surface area contributed by atoms with Gasteiger partial charge in [-0.3, -0.25) is 4.79 Å². The van der Waals surface area contributed by atoms with Gasteiger partial charge in [0.15, 0.2) is 15.3 Å². The van der Waals surface area contributed by atoms with Gasteiger partial charge in [-0.15, -0.1) is 0 Å². The minimum absolute atomic E-state index is 0.0393. The van der Waals surface area contributed by atoms with Gasteiger partial charge in [0.1, 0.15) is 5.25 Å². The van der Waals surface area contributed by atoms with Crippen LogP contribution in [0.25, 0.3) is 0 Å². The molecule has 122 valence electrons. The molecule has 24 heavy (non-hydrogen) atoms. The van der Waals surface area contributed by atoms with Crippen LogP contribution in [0.2, 0.25) is 0 Å². The van der Waals surface area contributed by atoms with Crippen molar-refractivity contribution < 1.29 is 18.3 Å². The second kappa shape index (κ2) is 5.46. The highest BCUT2D eigenvalue weighted by atomic mass is 32.2. The number of nitriles is 1. The summed E-state index contributed by atoms with van der Waals surface area (Å²) in [4.78, 5) is 11.8. The first kappa shape index (κ1) is 16.2. The van der Waals surface area contributed by atoms with Crippen LogP contribution in [-0.4, -0.2) is 24.7 Å². The van der Waals surface area contributed by atoms with Crippen LogP contribution in [0.4, 0.5) is 0 Å². The number of rotatable bonds is 4. The maximum atomic E-state index is 13.0. The normalized spacial score (nSPS) is 25.7. The average molecular weight is 341 g/mol. The lowest BCUT2D eigenvalue weighted by Gasteiger charge is -2.05. The van der Waals surface area contributed by atoms with E-state index in [2.05, 4.69) is 0 Å². The van der Waals surface area contributed by atoms with Crippen LogP contribution in [-0.2, 0) is 14.6 Å². The van der Waals surface area contributed by atoms with Crippen LogP contribution >= 0.6 is 0 Å². The second-order valence-corrected chi connectivity index (χ2v) is 8.02. The van der Waals surface area contributed by atoms with E-state index >= 15 is 0 Å². The number of carboxylic acids is 1. The maximum Gasteiger partial charge on any atom is 0.326 e. The molecule has 0 saturated heterocycles. The number of aliphatic carboxylic acids is 1. The highest BCUT2D eigenvalue weighted by Gasteiger charge is 2.77. The van der Waals surface area contributed by atoms with E-state index in [9.17, 15) is 23.6 Å². The number of carboxylic acid groups (broad SMARTS) is 1. The lowest BCUT2D eigenvalue weighted by Crippen LogP contribution is -2.22. The molecule has 6 heteroatoms. The van der Waals surface area contributed by atoms with E-state index < -0.39 is 32.4 Å². The summed E-state index contributed by atoms with van der Waals surface area (Å²) < 4.78 is 25.9. The smallest absolute Gasteiger partial charge is 0.326 e. The molecule has 0 amide bonds. The standard InChI is InChI=1S/C18H15NO4S/c1-12-7-9-14(10-8-12)24(22,23)16-15(13-5-3-2-4-6-13)18(16,11-19)17(20)21/h2-10,15-16H,1H3,(H,20,21)/t15-,16-,18+/m0/s1. The Morgan fingerprint density at radius 3 is 2.21 bits per heavy atom. The van der Waals surface area contributed by atoms with E-state index in [1.807, 2.05) is 6.92 Å². The second-order valence-electron chi connectivity index (χ2n) is 5.95. The topological polar surface area (TPSA) is 95.2 Å². The van der Waals surface area contributed by atoms with Crippen LogP contribution in [0.15, 0.2) is 59.5 Å². The first-order chi connectivity index (χ1) is 11.4. The molecule has 1 aliphatic rings. The van der Waals surface area contributed by atoms with E-state index in [1.165, 1.54) is 12.1 Å². The first-order valence-corrected chi connectivity index (χ1v) is 8.90. The van der Waals surface area contributed by atoms with Crippen LogP contribution < -0.4 is 0 Å². The number of benzene rings is 2. The summed E-state index contributed by atoms with van der Waals surface area (Å²) in [5.74, 6) is -2.29. The summed E-state index contributed by atoms with van der Waals surface area (Å²) in [6, 6.07) is 16.4. The van der Waals surface area contributed by atoms with Gasteiger partial charge < -0.3 is 5.11 Å². The molecular formula is C18H15NO4S. The number of hydrogen-bond acceptors (Lipinski definition) is 4. The van der Waals surface area contributed by atoms with E-state index in [1.54, 1.807) is 48.5 Å². The van der Waals surface area contributed by atoms with Crippen molar-refractivity contribution in [2.45, 2.75) is 23.0 Å². The zero-order chi connectivity index (χ0) is 17.5. The highest BCUT2D eigenvalue weighted by molar-refractivity contribution is 7.92. The molecule has 0 heterocycles. The molecule has 0 spiro atoms. The molecule has 1 saturated carbocycles. The lowest BCUT2D eigenvalue weighted by molar-refractivity contribution is -0.141. The number of hydrogen-bond donors (Lipinski definition) is 1. The summed E-state index contributed by atoms with van der Waals surface area (Å²) in [6.45, 7) is 1.83. The molecule has 1 fully saturated rings. The van der Waals surface area contributed by atoms with E-state index in [0.717, 1.165) is 5.56 Å². The van der Waals surface area contributed by atoms with Crippen molar-refractivity contribution in [3.63, 3.8) is 0 Å². The fourth-order valence-electron chi connectivity index (χ4n) is 3.19. The minimum atomic E-state index is -3.95. The third-order valence-electron chi connectivity index (χ3n) is 4.51. The van der Waals surface area contributed by atoms with Crippen molar-refractivity contribution in [2.75, 3.05) is 0 Å². The Bertz CT molecular complexity index is 929. The Morgan fingerprint density at radius 1 is 1.12 bits per heavy atom. The molecule has 3 atom stereocenters. The quantitative estimate of drug-likeness (QED) is 0.922. The van der Waals surface area contributed by atoms with Crippen LogP contribution in [0.3, 0.4) is 0 Å². The number of aryl methyl sites for hydroxylation is 1. The Balaban J connectivity index is 2.13. The average Bonchev–Trinajstić information content (AvgIpc) is 3.28. The van der Waals surface area contributed by atoms with Gasteiger partial charge in [0, 0.05) is 5.92 Å². The van der Waals surface area contributed by atoms with Gasteiger partial charge in [0.25, 0.3) is 0 Å². The number of carbonyl (C=O) groups is 1. The maximum absolute atomic E-state index is 13.0. The van der Waals surface area contributed by atoms with Crippen molar-refractivity contribution in [3.05, 3.63) is 65.7 Å². The molecule has 0 unspecified atom stereocenters. The SMILES string of the molecule is Cc1ccc(S(=O)(=O)[C@H]2[C@H](c3ccccc3)[C@@]2(C#N)C(=O)O)cc1. The first-order valence-electron chi connectivity index (χ1n) is 7.36. The van der Waals surface area contributed by atoms with Gasteiger partial charge >= 0.3 is 5.97 Å². The molecule has 0 aliphatic heterocycles. The predicted molar refractivity (Wildman–Crippen MR) is 87.0 cm³/mol. The van der Waals surface area contributed by atoms with Gasteiger partial charge in [-0.25, -0.2) is 8.42 Å². The van der Waals surface area contributed by atoms with Crippen molar-refractivity contribution in [1.29, 1.82) is 5.26 Å². The molecule has 2 aromatic carbocycles. The van der Waals surface area contributed by atoms with Gasteiger partial charge in [0.2, 0.25) is 0 Å². The summed E-state index contributed by atoms with van der Waals surface area (Å²) in [5, 5.41) is 17.8. The summed E-state index contributed by atoms with van der Waals surface area (Å²) >= 11 is 0. The highest BCUT2D eigenvalue weighted by Crippen LogP contribution is 2.63. The predicted octanol–water partition coefficient (Wildman–Crippen LogP) is 2.53. The summed E-state index contributed by atoms with van der Waals surface area (Å²) in [5.41, 5.74) is -0.512. The number of sulfone groups is 1. The van der Waals surface area contributed by atoms with Gasteiger partial charge in [-0.2, -0.15) is 5.26 Å². The fraction of sp³-hybridized carbons (Fsp3) is 0.222. The zero-order valence-electron chi connectivity index (χ0n) is 12.9. The Kier molecular flexibility index (Phi) is 3.69. The van der Waals surface area contributed by atoms with Gasteiger partial charge in [0.05, 0.1) is 11.0 Å². The molecule has 0 aromatic heterocycles. The zero-order valence-corrected chi connectivity index (χ0v) is 13.7. The largest absolute Gasteiger partial charge is 0.480 e. The third-order valence-corrected chi connectivity index (χ3v) is 6.76. The van der Waals surface area contributed by atoms with Crippen molar-refractivity contribution >= 4 is 15.8 Å². The number of nitrogens with zero attached hydrogens (tertiary/aromatic N) is 1. The molecule has 5 nitrogen and oxygen atoms in total. The van der Waals surface area contributed by atoms with Crippen molar-refractivity contribution in [1.82, 2.24) is 0 Å². The lowest BCUT2D eigenvalue weighted by atomic mass is 10.0. The minimum Gasteiger partial charge on any atom is -0.480 e. The Hall–Kier alpha value is -2.65. The molecule has 3 rings (SSSR count). The molecular weight excluding hydrogens is 326 g/mol. The summed E-state index contributed by atoms with van der Waals surface area (Å²) in [6.07, 6.45) is 0. The Labute approximate surface area is 140 Å². The fourth-order valence-corrected chi connectivity index (χ4v) is 5.44. The van der Waals surface area contributed by atoms with E-state index in [0.29, 0.717) is 5.56 Å². The van der Waals surface area contributed by atoms with E-state index in [-0.39, 0.29) is 4.90 Å². The van der Waals surface area contributed by atoms with Crippen LogP contribution in [0.5, 0.6) is 0 Å². The van der Waals surface area contributed by atoms with Gasteiger partial charge in [-0.1, -0.05) is 48.0 Å². The third kappa shape index (κ3) is 2.21. The van der Waals surface area contributed by atoms with Gasteiger partial charge in [-0.05, 0) is 24.6 Å². The summed E-state index contributed by atoms with van der Waals surface area (Å²) in [7, 11) is -3.95. The van der Waals surface area contributed by atoms with E-state index in [4.69, 9.17) is 0 Å². The molecule has 2 aromatic rings.